The van der Waals surface area contributed by atoms with Crippen LogP contribution in [0.15, 0.2) is 48.5 Å². The molecule has 2 rings (SSSR count). The number of benzene rings is 2. The number of nitrogens with two attached hydrogens (primary N) is 1. The summed E-state index contributed by atoms with van der Waals surface area (Å²) in [5.41, 5.74) is 8.39. The summed E-state index contributed by atoms with van der Waals surface area (Å²) in [7, 11) is 1.61. The Morgan fingerprint density at radius 2 is 1.95 bits per heavy atom. The van der Waals surface area contributed by atoms with Crippen molar-refractivity contribution in [3.63, 3.8) is 0 Å². The van der Waals surface area contributed by atoms with Gasteiger partial charge in [-0.3, -0.25) is 4.79 Å². The number of amides is 1. The Labute approximate surface area is 124 Å². The predicted octanol–water partition coefficient (Wildman–Crippen LogP) is 2.90. The number of nitrogens with one attached hydrogen (secondary N) is 1. The Morgan fingerprint density at radius 3 is 2.52 bits per heavy atom. The van der Waals surface area contributed by atoms with Crippen molar-refractivity contribution in [2.24, 2.45) is 5.73 Å². The van der Waals surface area contributed by atoms with Crippen molar-refractivity contribution >= 4 is 11.6 Å². The van der Waals surface area contributed by atoms with Crippen LogP contribution < -0.4 is 15.8 Å². The third kappa shape index (κ3) is 3.75. The highest BCUT2D eigenvalue weighted by atomic mass is 16.5. The first kappa shape index (κ1) is 14.9. The molecule has 1 unspecified atom stereocenters. The van der Waals surface area contributed by atoms with Crippen LogP contribution in [0.25, 0.3) is 0 Å². The second kappa shape index (κ2) is 6.79. The lowest BCUT2D eigenvalue weighted by molar-refractivity contribution is -0.118. The average molecular weight is 284 g/mol. The highest BCUT2D eigenvalue weighted by molar-refractivity contribution is 5.84. The van der Waals surface area contributed by atoms with Gasteiger partial charge in [-0.2, -0.15) is 0 Å². The second-order valence-corrected chi connectivity index (χ2v) is 4.81. The Balaban J connectivity index is 2.23. The van der Waals surface area contributed by atoms with Gasteiger partial charge in [0.05, 0.1) is 7.11 Å². The van der Waals surface area contributed by atoms with Crippen LogP contribution in [0, 0.1) is 0 Å². The van der Waals surface area contributed by atoms with Crippen LogP contribution in [0.4, 0.5) is 5.69 Å². The molecule has 3 N–H and O–H groups in total. The van der Waals surface area contributed by atoms with E-state index in [9.17, 15) is 4.79 Å². The normalized spacial score (nSPS) is 11.7. The average Bonchev–Trinajstić information content (AvgIpc) is 2.52. The van der Waals surface area contributed by atoms with E-state index < -0.39 is 11.9 Å². The molecule has 4 heteroatoms. The van der Waals surface area contributed by atoms with E-state index in [1.807, 2.05) is 48.5 Å². The number of aryl methyl sites for hydroxylation is 1. The molecule has 2 aromatic carbocycles. The van der Waals surface area contributed by atoms with Crippen molar-refractivity contribution in [2.75, 3.05) is 12.4 Å². The fraction of sp³-hybridized carbons (Fsp3) is 0.235. The first-order valence-corrected chi connectivity index (χ1v) is 6.92. The third-order valence-electron chi connectivity index (χ3n) is 3.39. The molecule has 1 amide bonds. The topological polar surface area (TPSA) is 64.3 Å². The van der Waals surface area contributed by atoms with Gasteiger partial charge in [0.1, 0.15) is 11.8 Å². The van der Waals surface area contributed by atoms with E-state index >= 15 is 0 Å². The molecule has 0 aliphatic heterocycles. The molecule has 0 bridgehead atoms. The van der Waals surface area contributed by atoms with Crippen molar-refractivity contribution < 1.29 is 9.53 Å². The fourth-order valence-electron chi connectivity index (χ4n) is 2.14. The molecule has 0 saturated carbocycles. The number of carbonyl (C=O) groups excluding carboxylic acids is 1. The number of anilines is 1. The molecule has 4 nitrogen and oxygen atoms in total. The summed E-state index contributed by atoms with van der Waals surface area (Å²) in [5.74, 6) is 0.312. The maximum atomic E-state index is 11.7. The summed E-state index contributed by atoms with van der Waals surface area (Å²) >= 11 is 0. The Bertz CT molecular complexity index is 608. The number of primary amides is 1. The van der Waals surface area contributed by atoms with Crippen molar-refractivity contribution in [3.8, 4) is 5.75 Å². The van der Waals surface area contributed by atoms with Gasteiger partial charge in [-0.25, -0.2) is 0 Å². The monoisotopic (exact) mass is 284 g/mol. The number of carbonyl (C=O) groups is 1. The van der Waals surface area contributed by atoms with E-state index in [1.165, 1.54) is 5.56 Å². The van der Waals surface area contributed by atoms with Gasteiger partial charge in [0.15, 0.2) is 0 Å². The lowest BCUT2D eigenvalue weighted by Gasteiger charge is -2.18. The van der Waals surface area contributed by atoms with Crippen molar-refractivity contribution in [2.45, 2.75) is 19.4 Å². The number of methoxy groups -OCH3 is 1. The van der Waals surface area contributed by atoms with Gasteiger partial charge in [-0.15, -0.1) is 0 Å². The first-order valence-electron chi connectivity index (χ1n) is 6.92. The minimum atomic E-state index is -0.567. The molecular formula is C17H20N2O2. The van der Waals surface area contributed by atoms with E-state index in [0.717, 1.165) is 23.4 Å². The Morgan fingerprint density at radius 1 is 1.24 bits per heavy atom. The predicted molar refractivity (Wildman–Crippen MR) is 84.4 cm³/mol. The highest BCUT2D eigenvalue weighted by Crippen LogP contribution is 2.23. The van der Waals surface area contributed by atoms with Gasteiger partial charge in [0.2, 0.25) is 5.91 Å². The van der Waals surface area contributed by atoms with Crippen molar-refractivity contribution in [3.05, 3.63) is 59.7 Å². The summed E-state index contributed by atoms with van der Waals surface area (Å²) in [4.78, 5) is 11.7. The molecule has 0 heterocycles. The number of ether oxygens (including phenoxy) is 1. The van der Waals surface area contributed by atoms with Gasteiger partial charge >= 0.3 is 0 Å². The number of hydrogen-bond acceptors (Lipinski definition) is 3. The molecular weight excluding hydrogens is 264 g/mol. The second-order valence-electron chi connectivity index (χ2n) is 4.81. The zero-order chi connectivity index (χ0) is 15.2. The highest BCUT2D eigenvalue weighted by Gasteiger charge is 2.17. The molecule has 2 aromatic rings. The van der Waals surface area contributed by atoms with Gasteiger partial charge in [-0.1, -0.05) is 37.3 Å². The minimum Gasteiger partial charge on any atom is -0.497 e. The molecule has 21 heavy (non-hydrogen) atoms. The Hall–Kier alpha value is -2.49. The van der Waals surface area contributed by atoms with Crippen LogP contribution in [0.3, 0.4) is 0 Å². The molecule has 1 atom stereocenters. The molecule has 0 fully saturated rings. The molecule has 0 aromatic heterocycles. The quantitative estimate of drug-likeness (QED) is 0.857. The van der Waals surface area contributed by atoms with Crippen molar-refractivity contribution in [1.29, 1.82) is 0 Å². The largest absolute Gasteiger partial charge is 0.497 e. The fourth-order valence-corrected chi connectivity index (χ4v) is 2.14. The first-order chi connectivity index (χ1) is 10.1. The SMILES string of the molecule is CCc1ccc(C(Nc2cccc(OC)c2)C(N)=O)cc1. The van der Waals surface area contributed by atoms with Gasteiger partial charge in [0.25, 0.3) is 0 Å². The summed E-state index contributed by atoms with van der Waals surface area (Å²) in [6, 6.07) is 14.7. The summed E-state index contributed by atoms with van der Waals surface area (Å²) in [5, 5.41) is 3.15. The molecule has 0 saturated heterocycles. The lowest BCUT2D eigenvalue weighted by Crippen LogP contribution is -2.27. The van der Waals surface area contributed by atoms with E-state index in [1.54, 1.807) is 7.11 Å². The van der Waals surface area contributed by atoms with Crippen LogP contribution >= 0.6 is 0 Å². The van der Waals surface area contributed by atoms with Crippen LogP contribution in [-0.4, -0.2) is 13.0 Å². The van der Waals surface area contributed by atoms with Gasteiger partial charge in [-0.05, 0) is 29.7 Å². The standard InChI is InChI=1S/C17H20N2O2/c1-3-12-7-9-13(10-8-12)16(17(18)20)19-14-5-4-6-15(11-14)21-2/h4-11,16,19H,3H2,1-2H3,(H2,18,20). The van der Waals surface area contributed by atoms with Crippen molar-refractivity contribution in [1.82, 2.24) is 0 Å². The third-order valence-corrected chi connectivity index (χ3v) is 3.39. The summed E-state index contributed by atoms with van der Waals surface area (Å²) in [6.45, 7) is 2.09. The molecule has 110 valence electrons. The van der Waals surface area contributed by atoms with Crippen LogP contribution in [0.1, 0.15) is 24.1 Å². The summed E-state index contributed by atoms with van der Waals surface area (Å²) in [6.07, 6.45) is 0.963. The lowest BCUT2D eigenvalue weighted by atomic mass is 10.0. The number of rotatable bonds is 6. The van der Waals surface area contributed by atoms with E-state index in [0.29, 0.717) is 0 Å². The smallest absolute Gasteiger partial charge is 0.244 e. The number of hydrogen-bond donors (Lipinski definition) is 2. The van der Waals surface area contributed by atoms with Gasteiger partial charge < -0.3 is 15.8 Å². The van der Waals surface area contributed by atoms with Gasteiger partial charge in [0, 0.05) is 11.8 Å². The van der Waals surface area contributed by atoms with Crippen LogP contribution in [0.5, 0.6) is 5.75 Å². The van der Waals surface area contributed by atoms with Crippen LogP contribution in [-0.2, 0) is 11.2 Å². The minimum absolute atomic E-state index is 0.415. The zero-order valence-corrected chi connectivity index (χ0v) is 12.3. The molecule has 0 spiro atoms. The molecule has 0 aliphatic rings. The molecule has 0 aliphatic carbocycles. The van der Waals surface area contributed by atoms with E-state index in [-0.39, 0.29) is 0 Å². The molecule has 0 radical (unpaired) electrons. The maximum absolute atomic E-state index is 11.7. The van der Waals surface area contributed by atoms with Crippen LogP contribution in [0.2, 0.25) is 0 Å². The summed E-state index contributed by atoms with van der Waals surface area (Å²) < 4.78 is 5.18. The van der Waals surface area contributed by atoms with E-state index in [2.05, 4.69) is 12.2 Å². The maximum Gasteiger partial charge on any atom is 0.244 e. The zero-order valence-electron chi connectivity index (χ0n) is 12.3. The Kier molecular flexibility index (Phi) is 4.82. The van der Waals surface area contributed by atoms with E-state index in [4.69, 9.17) is 10.5 Å².